The maximum absolute atomic E-state index is 13.6. The Bertz CT molecular complexity index is 1300. The van der Waals surface area contributed by atoms with Crippen LogP contribution in [-0.2, 0) is 9.59 Å². The average Bonchev–Trinajstić information content (AvgIpc) is 3.45. The Kier molecular flexibility index (Phi) is 4.68. The van der Waals surface area contributed by atoms with Gasteiger partial charge in [-0.3, -0.25) is 25.0 Å². The number of amides is 4. The number of benzene rings is 2. The summed E-state index contributed by atoms with van der Waals surface area (Å²) in [5.74, 6) is -1.86. The highest BCUT2D eigenvalue weighted by Gasteiger charge is 2.60. The van der Waals surface area contributed by atoms with E-state index in [4.69, 9.17) is 0 Å². The van der Waals surface area contributed by atoms with E-state index in [2.05, 4.69) is 10.6 Å². The van der Waals surface area contributed by atoms with E-state index < -0.39 is 23.3 Å². The predicted molar refractivity (Wildman–Crippen MR) is 121 cm³/mol. The lowest BCUT2D eigenvalue weighted by molar-refractivity contribution is -0.136. The second kappa shape index (κ2) is 7.55. The molecule has 1 aromatic heterocycles. The van der Waals surface area contributed by atoms with Gasteiger partial charge in [-0.15, -0.1) is 11.3 Å². The van der Waals surface area contributed by atoms with Gasteiger partial charge in [0.05, 0.1) is 0 Å². The highest BCUT2D eigenvalue weighted by Crippen LogP contribution is 2.55. The number of ketones is 1. The van der Waals surface area contributed by atoms with Crippen molar-refractivity contribution in [2.24, 2.45) is 5.41 Å². The first-order chi connectivity index (χ1) is 15.5. The zero-order chi connectivity index (χ0) is 22.3. The molecule has 3 aromatic rings. The summed E-state index contributed by atoms with van der Waals surface area (Å²) >= 11 is 1.32. The Hall–Kier alpha value is -4.10. The van der Waals surface area contributed by atoms with Crippen LogP contribution < -0.4 is 10.6 Å². The van der Waals surface area contributed by atoms with Gasteiger partial charge in [0.1, 0.15) is 0 Å². The number of Topliss-reactive ketones (excluding diaryl/α,β-unsaturated/α-hetero) is 1. The van der Waals surface area contributed by atoms with Crippen molar-refractivity contribution in [2.45, 2.75) is 0 Å². The lowest BCUT2D eigenvalue weighted by Gasteiger charge is -2.35. The Labute approximate surface area is 187 Å². The summed E-state index contributed by atoms with van der Waals surface area (Å²) in [4.78, 5) is 53.1. The van der Waals surface area contributed by atoms with Crippen molar-refractivity contribution in [2.75, 3.05) is 0 Å². The first-order valence-electron chi connectivity index (χ1n) is 9.86. The van der Waals surface area contributed by atoms with Crippen LogP contribution in [0, 0.1) is 5.41 Å². The molecule has 5 rings (SSSR count). The van der Waals surface area contributed by atoms with Crippen LogP contribution in [0.5, 0.6) is 0 Å². The largest absolute Gasteiger partial charge is 0.328 e. The van der Waals surface area contributed by atoms with E-state index in [1.54, 1.807) is 72.8 Å². The van der Waals surface area contributed by atoms with E-state index in [1.807, 2.05) is 11.4 Å². The van der Waals surface area contributed by atoms with Crippen LogP contribution in [0.4, 0.5) is 4.79 Å². The average molecular weight is 440 g/mol. The lowest BCUT2D eigenvalue weighted by Crippen LogP contribution is -2.62. The molecule has 0 bridgehead atoms. The van der Waals surface area contributed by atoms with Crippen LogP contribution in [0.1, 0.15) is 20.8 Å². The number of urea groups is 1. The monoisotopic (exact) mass is 440 g/mol. The summed E-state index contributed by atoms with van der Waals surface area (Å²) in [6, 6.07) is 20.3. The van der Waals surface area contributed by atoms with Crippen molar-refractivity contribution in [3.05, 3.63) is 106 Å². The minimum atomic E-state index is -1.88. The molecule has 32 heavy (non-hydrogen) atoms. The van der Waals surface area contributed by atoms with Gasteiger partial charge in [0, 0.05) is 21.6 Å². The second-order valence-electron chi connectivity index (χ2n) is 7.37. The first kappa shape index (κ1) is 19.8. The van der Waals surface area contributed by atoms with Gasteiger partial charge in [0.15, 0.2) is 11.2 Å². The van der Waals surface area contributed by atoms with Crippen LogP contribution in [-0.4, -0.2) is 23.6 Å². The molecule has 0 radical (unpaired) electrons. The van der Waals surface area contributed by atoms with Crippen LogP contribution in [0.15, 0.2) is 89.8 Å². The minimum absolute atomic E-state index is 0.247. The van der Waals surface area contributed by atoms with Gasteiger partial charge in [0.25, 0.3) is 11.8 Å². The fraction of sp³-hybridized carbons (Fsp3) is 0.0400. The van der Waals surface area contributed by atoms with E-state index >= 15 is 0 Å². The maximum atomic E-state index is 13.6. The maximum Gasteiger partial charge on any atom is 0.328 e. The summed E-state index contributed by atoms with van der Waals surface area (Å²) in [6.45, 7) is 0. The number of barbiturate groups is 1. The van der Waals surface area contributed by atoms with E-state index in [0.29, 0.717) is 21.6 Å². The molecule has 7 heteroatoms. The van der Waals surface area contributed by atoms with E-state index in [-0.39, 0.29) is 16.9 Å². The number of allylic oxidation sites excluding steroid dienone is 2. The van der Waals surface area contributed by atoms with Crippen molar-refractivity contribution in [1.82, 2.24) is 10.6 Å². The van der Waals surface area contributed by atoms with Crippen molar-refractivity contribution < 1.29 is 19.2 Å². The van der Waals surface area contributed by atoms with Gasteiger partial charge in [-0.1, -0.05) is 66.7 Å². The third-order valence-electron chi connectivity index (χ3n) is 5.61. The third kappa shape index (κ3) is 2.86. The molecule has 156 valence electrons. The van der Waals surface area contributed by atoms with Crippen molar-refractivity contribution in [1.29, 1.82) is 0 Å². The standard InChI is InChI=1S/C25H16N2O4S/c28-21(16-10-5-2-6-11-16)17-14-18(15-8-3-1-4-9-15)25(20(17)19-12-7-13-32-19)22(29)26-24(31)27-23(25)30/h1-14H,(H2,26,27,29,30,31). The highest BCUT2D eigenvalue weighted by molar-refractivity contribution is 7.11. The molecule has 0 saturated carbocycles. The quantitative estimate of drug-likeness (QED) is 0.476. The molecule has 1 aliphatic heterocycles. The summed E-state index contributed by atoms with van der Waals surface area (Å²) < 4.78 is 0. The Balaban J connectivity index is 1.84. The summed E-state index contributed by atoms with van der Waals surface area (Å²) in [5, 5.41) is 6.29. The number of hydrogen-bond donors (Lipinski definition) is 2. The molecule has 2 heterocycles. The summed E-state index contributed by atoms with van der Waals surface area (Å²) in [6.07, 6.45) is 1.61. The van der Waals surface area contributed by atoms with Gasteiger partial charge in [-0.25, -0.2) is 4.79 Å². The van der Waals surface area contributed by atoms with Gasteiger partial charge >= 0.3 is 6.03 Å². The Morgan fingerprint density at radius 1 is 0.781 bits per heavy atom. The van der Waals surface area contributed by atoms with Gasteiger partial charge in [-0.2, -0.15) is 0 Å². The van der Waals surface area contributed by atoms with Crippen LogP contribution in [0.2, 0.25) is 0 Å². The highest BCUT2D eigenvalue weighted by atomic mass is 32.1. The zero-order valence-corrected chi connectivity index (χ0v) is 17.4. The van der Waals surface area contributed by atoms with Gasteiger partial charge in [0.2, 0.25) is 0 Å². The van der Waals surface area contributed by atoms with Crippen LogP contribution in [0.3, 0.4) is 0 Å². The topological polar surface area (TPSA) is 92.3 Å². The van der Waals surface area contributed by atoms with Gasteiger partial charge in [-0.05, 0) is 28.7 Å². The summed E-state index contributed by atoms with van der Waals surface area (Å²) in [5.41, 5.74) is 0.0464. The molecule has 0 atom stereocenters. The molecule has 2 aromatic carbocycles. The second-order valence-corrected chi connectivity index (χ2v) is 8.32. The number of carbonyl (C=O) groups is 4. The molecule has 1 aliphatic carbocycles. The number of hydrogen-bond acceptors (Lipinski definition) is 5. The first-order valence-corrected chi connectivity index (χ1v) is 10.7. The molecule has 1 saturated heterocycles. The van der Waals surface area contributed by atoms with Crippen molar-refractivity contribution in [3.63, 3.8) is 0 Å². The Morgan fingerprint density at radius 3 is 2.00 bits per heavy atom. The van der Waals surface area contributed by atoms with E-state index in [0.717, 1.165) is 0 Å². The molecule has 2 aliphatic rings. The number of thiophene rings is 1. The van der Waals surface area contributed by atoms with Crippen molar-refractivity contribution in [3.8, 4) is 0 Å². The van der Waals surface area contributed by atoms with Gasteiger partial charge < -0.3 is 0 Å². The number of rotatable bonds is 4. The molecule has 2 N–H and O–H groups in total. The smallest absolute Gasteiger partial charge is 0.289 e. The molecule has 4 amide bonds. The fourth-order valence-electron chi connectivity index (χ4n) is 4.24. The SMILES string of the molecule is O=C1NC(=O)C2(C(=O)N1)C(c1ccccc1)=CC(C(=O)c1ccccc1)=C2c1cccs1. The number of carbonyl (C=O) groups excluding carboxylic acids is 4. The Morgan fingerprint density at radius 2 is 1.41 bits per heavy atom. The third-order valence-corrected chi connectivity index (χ3v) is 6.49. The molecule has 1 spiro atoms. The normalized spacial score (nSPS) is 17.2. The molecule has 6 nitrogen and oxygen atoms in total. The molecular formula is C25H16N2O4S. The molecule has 1 fully saturated rings. The number of nitrogens with one attached hydrogen (secondary N) is 2. The van der Waals surface area contributed by atoms with Crippen LogP contribution in [0.25, 0.3) is 11.1 Å². The molecule has 0 unspecified atom stereocenters. The van der Waals surface area contributed by atoms with Crippen molar-refractivity contribution >= 4 is 46.1 Å². The van der Waals surface area contributed by atoms with E-state index in [9.17, 15) is 19.2 Å². The minimum Gasteiger partial charge on any atom is -0.289 e. The lowest BCUT2D eigenvalue weighted by atomic mass is 9.70. The zero-order valence-electron chi connectivity index (χ0n) is 16.6. The number of imide groups is 2. The fourth-order valence-corrected chi connectivity index (χ4v) is 5.08. The predicted octanol–water partition coefficient (Wildman–Crippen LogP) is 3.83. The molecular weight excluding hydrogens is 424 g/mol. The summed E-state index contributed by atoms with van der Waals surface area (Å²) in [7, 11) is 0. The van der Waals surface area contributed by atoms with E-state index in [1.165, 1.54) is 11.3 Å². The van der Waals surface area contributed by atoms with Crippen LogP contribution >= 0.6 is 11.3 Å².